The highest BCUT2D eigenvalue weighted by molar-refractivity contribution is 5.97. The Balaban J connectivity index is 2.15. The van der Waals surface area contributed by atoms with Gasteiger partial charge < -0.3 is 34.1 Å². The molecule has 5 atom stereocenters. The van der Waals surface area contributed by atoms with Crippen molar-refractivity contribution in [3.05, 3.63) is 18.0 Å². The number of hydrogen-bond donors (Lipinski definition) is 2. The molecule has 198 valence electrons. The second kappa shape index (κ2) is 14.2. The lowest BCUT2D eigenvalue weighted by atomic mass is 10.0. The lowest BCUT2D eigenvalue weighted by molar-refractivity contribution is -0.169. The zero-order valence-electron chi connectivity index (χ0n) is 21.6. The number of amides is 1. The number of rotatable bonds is 11. The maximum atomic E-state index is 13.0. The average Bonchev–Trinajstić information content (AvgIpc) is 2.87. The van der Waals surface area contributed by atoms with Crippen molar-refractivity contribution in [1.29, 1.82) is 0 Å². The molecule has 1 fully saturated rings. The van der Waals surface area contributed by atoms with Gasteiger partial charge in [0.05, 0.1) is 19.3 Å². The van der Waals surface area contributed by atoms with Gasteiger partial charge in [0.1, 0.15) is 18.2 Å². The highest BCUT2D eigenvalue weighted by Gasteiger charge is 2.36. The SMILES string of the molecule is COc1ccnc(C(=O)N[C@H]2CCC[C@H](OCC(C)C)[C@@H](OCCC(C)OC)[C@H](C)OC2=O)c1O. The second-order valence-corrected chi connectivity index (χ2v) is 9.25. The van der Waals surface area contributed by atoms with Gasteiger partial charge in [-0.15, -0.1) is 0 Å². The smallest absolute Gasteiger partial charge is 0.329 e. The first-order chi connectivity index (χ1) is 16.7. The Morgan fingerprint density at radius 1 is 1.26 bits per heavy atom. The van der Waals surface area contributed by atoms with E-state index in [0.717, 1.165) is 0 Å². The summed E-state index contributed by atoms with van der Waals surface area (Å²) in [7, 11) is 3.03. The lowest BCUT2D eigenvalue weighted by Gasteiger charge is -2.31. The number of nitrogens with zero attached hydrogens (tertiary/aromatic N) is 1. The van der Waals surface area contributed by atoms with E-state index in [9.17, 15) is 14.7 Å². The topological polar surface area (TPSA) is 125 Å². The number of pyridine rings is 1. The Bertz CT molecular complexity index is 819. The van der Waals surface area contributed by atoms with Crippen LogP contribution in [-0.2, 0) is 23.7 Å². The number of methoxy groups -OCH3 is 2. The van der Waals surface area contributed by atoms with Crippen molar-refractivity contribution < 1.29 is 38.4 Å². The first-order valence-electron chi connectivity index (χ1n) is 12.2. The normalized spacial score (nSPS) is 24.1. The fourth-order valence-electron chi connectivity index (χ4n) is 3.79. The zero-order valence-corrected chi connectivity index (χ0v) is 21.6. The number of carbonyl (C=O) groups is 2. The van der Waals surface area contributed by atoms with Crippen molar-refractivity contribution in [2.24, 2.45) is 5.92 Å². The molecule has 0 radical (unpaired) electrons. The second-order valence-electron chi connectivity index (χ2n) is 9.25. The van der Waals surface area contributed by atoms with Crippen LogP contribution in [0.4, 0.5) is 0 Å². The zero-order chi connectivity index (χ0) is 26.0. The number of nitrogens with one attached hydrogen (secondary N) is 1. The van der Waals surface area contributed by atoms with E-state index in [4.69, 9.17) is 23.7 Å². The Morgan fingerprint density at radius 2 is 2.00 bits per heavy atom. The predicted octanol–water partition coefficient (Wildman–Crippen LogP) is 2.86. The largest absolute Gasteiger partial charge is 0.503 e. The summed E-state index contributed by atoms with van der Waals surface area (Å²) < 4.78 is 28.4. The fraction of sp³-hybridized carbons (Fsp3) is 0.720. The lowest BCUT2D eigenvalue weighted by Crippen LogP contribution is -2.46. The molecule has 0 saturated carbocycles. The fourth-order valence-corrected chi connectivity index (χ4v) is 3.79. The Morgan fingerprint density at radius 3 is 2.66 bits per heavy atom. The minimum absolute atomic E-state index is 0.0421. The van der Waals surface area contributed by atoms with Crippen LogP contribution in [0.1, 0.15) is 63.9 Å². The van der Waals surface area contributed by atoms with Gasteiger partial charge in [0.15, 0.2) is 17.2 Å². The summed E-state index contributed by atoms with van der Waals surface area (Å²) in [6.45, 7) is 8.87. The molecular formula is C25H40N2O8. The van der Waals surface area contributed by atoms with Crippen LogP contribution in [0.3, 0.4) is 0 Å². The molecule has 0 spiro atoms. The van der Waals surface area contributed by atoms with Gasteiger partial charge in [-0.2, -0.15) is 0 Å². The highest BCUT2D eigenvalue weighted by atomic mass is 16.6. The van der Waals surface area contributed by atoms with Crippen molar-refractivity contribution >= 4 is 11.9 Å². The molecule has 0 aliphatic carbocycles. The molecule has 1 saturated heterocycles. The van der Waals surface area contributed by atoms with Gasteiger partial charge in [0.25, 0.3) is 5.91 Å². The summed E-state index contributed by atoms with van der Waals surface area (Å²) >= 11 is 0. The van der Waals surface area contributed by atoms with Crippen LogP contribution in [0.25, 0.3) is 0 Å². The molecule has 1 aliphatic heterocycles. The van der Waals surface area contributed by atoms with Crippen LogP contribution in [0.15, 0.2) is 12.3 Å². The van der Waals surface area contributed by atoms with Crippen molar-refractivity contribution in [2.45, 2.75) is 83.8 Å². The molecule has 1 amide bonds. The molecule has 1 unspecified atom stereocenters. The Labute approximate surface area is 207 Å². The van der Waals surface area contributed by atoms with E-state index in [2.05, 4.69) is 24.1 Å². The van der Waals surface area contributed by atoms with Gasteiger partial charge in [0.2, 0.25) is 0 Å². The van der Waals surface area contributed by atoms with Crippen molar-refractivity contribution in [1.82, 2.24) is 10.3 Å². The van der Waals surface area contributed by atoms with E-state index in [-0.39, 0.29) is 23.7 Å². The molecule has 10 nitrogen and oxygen atoms in total. The molecule has 35 heavy (non-hydrogen) atoms. The number of ether oxygens (including phenoxy) is 5. The minimum Gasteiger partial charge on any atom is -0.503 e. The van der Waals surface area contributed by atoms with Gasteiger partial charge in [-0.25, -0.2) is 9.78 Å². The molecule has 1 aromatic heterocycles. The average molecular weight is 497 g/mol. The molecule has 2 N–H and O–H groups in total. The summed E-state index contributed by atoms with van der Waals surface area (Å²) in [6, 6.07) is 0.530. The predicted molar refractivity (Wildman–Crippen MR) is 129 cm³/mol. The van der Waals surface area contributed by atoms with E-state index in [1.807, 2.05) is 6.92 Å². The van der Waals surface area contributed by atoms with Gasteiger partial charge in [-0.05, 0) is 45.4 Å². The number of cyclic esters (lactones) is 1. The molecular weight excluding hydrogens is 456 g/mol. The first kappa shape index (κ1) is 28.8. The van der Waals surface area contributed by atoms with Crippen LogP contribution >= 0.6 is 0 Å². The number of aromatic hydroxyl groups is 1. The third-order valence-corrected chi connectivity index (χ3v) is 5.91. The number of hydrogen-bond acceptors (Lipinski definition) is 9. The minimum atomic E-state index is -0.907. The molecule has 1 aliphatic rings. The van der Waals surface area contributed by atoms with Gasteiger partial charge in [0, 0.05) is 32.6 Å². The molecule has 0 bridgehead atoms. The third-order valence-electron chi connectivity index (χ3n) is 5.91. The van der Waals surface area contributed by atoms with Crippen molar-refractivity contribution in [2.75, 3.05) is 27.4 Å². The summed E-state index contributed by atoms with van der Waals surface area (Å²) in [5, 5.41) is 12.9. The third kappa shape index (κ3) is 8.63. The van der Waals surface area contributed by atoms with Crippen molar-refractivity contribution in [3.8, 4) is 11.5 Å². The summed E-state index contributed by atoms with van der Waals surface area (Å²) in [5.74, 6) is -1.20. The van der Waals surface area contributed by atoms with E-state index < -0.39 is 35.9 Å². The van der Waals surface area contributed by atoms with E-state index in [1.165, 1.54) is 19.4 Å². The Kier molecular flexibility index (Phi) is 11.7. The summed E-state index contributed by atoms with van der Waals surface area (Å²) in [6.07, 6.45) is 2.34. The molecule has 2 heterocycles. The van der Waals surface area contributed by atoms with Crippen LogP contribution in [-0.4, -0.2) is 79.9 Å². The van der Waals surface area contributed by atoms with E-state index in [1.54, 1.807) is 14.0 Å². The molecule has 0 aromatic carbocycles. The maximum Gasteiger partial charge on any atom is 0.329 e. The van der Waals surface area contributed by atoms with Crippen LogP contribution in [0, 0.1) is 5.92 Å². The standard InChI is InChI=1S/C25H40N2O8/c1-15(2)14-34-20-9-7-8-18(27-24(29)21-22(28)19(32-6)10-12-26-21)25(30)35-17(4)23(20)33-13-11-16(3)31-5/h10,12,15-18,20,23,28H,7-9,11,13-14H2,1-6H3,(H,27,29)/t16?,17-,18-,20-,23-/m0/s1. The maximum absolute atomic E-state index is 13.0. The monoisotopic (exact) mass is 496 g/mol. The van der Waals surface area contributed by atoms with E-state index in [0.29, 0.717) is 44.8 Å². The molecule has 10 heteroatoms. The van der Waals surface area contributed by atoms with Gasteiger partial charge in [-0.1, -0.05) is 13.8 Å². The van der Waals surface area contributed by atoms with E-state index >= 15 is 0 Å². The number of esters is 1. The van der Waals surface area contributed by atoms with Crippen LogP contribution < -0.4 is 10.1 Å². The van der Waals surface area contributed by atoms with Gasteiger partial charge >= 0.3 is 5.97 Å². The number of aromatic nitrogens is 1. The van der Waals surface area contributed by atoms with Crippen molar-refractivity contribution in [3.63, 3.8) is 0 Å². The number of carbonyl (C=O) groups excluding carboxylic acids is 2. The van der Waals surface area contributed by atoms with Crippen LogP contribution in [0.5, 0.6) is 11.5 Å². The molecule has 2 rings (SSSR count). The van der Waals surface area contributed by atoms with Gasteiger partial charge in [-0.3, -0.25) is 4.79 Å². The quantitative estimate of drug-likeness (QED) is 0.445. The first-order valence-corrected chi connectivity index (χ1v) is 12.2. The summed E-state index contributed by atoms with van der Waals surface area (Å²) in [4.78, 5) is 29.7. The highest BCUT2D eigenvalue weighted by Crippen LogP contribution is 2.28. The molecule has 1 aromatic rings. The Hall–Kier alpha value is -2.43. The van der Waals surface area contributed by atoms with Crippen LogP contribution in [0.2, 0.25) is 0 Å². The summed E-state index contributed by atoms with van der Waals surface area (Å²) in [5.41, 5.74) is -0.225.